The van der Waals surface area contributed by atoms with Gasteiger partial charge in [0.25, 0.3) is 6.43 Å². The summed E-state index contributed by atoms with van der Waals surface area (Å²) in [5, 5.41) is 12.8. The number of nitrogens with zero attached hydrogens (tertiary/aromatic N) is 4. The van der Waals surface area contributed by atoms with Crippen LogP contribution in [0.3, 0.4) is 0 Å². The zero-order chi connectivity index (χ0) is 22.1. The van der Waals surface area contributed by atoms with Crippen molar-refractivity contribution < 1.29 is 18.3 Å². The van der Waals surface area contributed by atoms with Gasteiger partial charge in [-0.15, -0.1) is 0 Å². The van der Waals surface area contributed by atoms with Gasteiger partial charge >= 0.3 is 0 Å². The minimum absolute atomic E-state index is 0.0478. The summed E-state index contributed by atoms with van der Waals surface area (Å²) < 4.78 is 42.4. The van der Waals surface area contributed by atoms with Crippen molar-refractivity contribution in [2.75, 3.05) is 5.32 Å². The van der Waals surface area contributed by atoms with E-state index >= 15 is 0 Å². The van der Waals surface area contributed by atoms with Gasteiger partial charge in [-0.25, -0.2) is 28.1 Å². The van der Waals surface area contributed by atoms with E-state index in [-0.39, 0.29) is 34.6 Å². The first kappa shape index (κ1) is 20.8. The predicted molar refractivity (Wildman–Crippen MR) is 110 cm³/mol. The van der Waals surface area contributed by atoms with Crippen molar-refractivity contribution in [3.8, 4) is 11.4 Å². The molecule has 0 radical (unpaired) electrons. The Morgan fingerprint density at radius 1 is 1.00 bits per heavy atom. The van der Waals surface area contributed by atoms with Crippen LogP contribution in [0, 0.1) is 5.82 Å². The number of rotatable bonds is 6. The summed E-state index contributed by atoms with van der Waals surface area (Å²) >= 11 is 0. The van der Waals surface area contributed by atoms with Crippen LogP contribution in [-0.2, 0) is 0 Å². The maximum Gasteiger partial charge on any atom is 0.267 e. The second-order valence-corrected chi connectivity index (χ2v) is 7.20. The van der Waals surface area contributed by atoms with Crippen molar-refractivity contribution in [3.63, 3.8) is 0 Å². The largest absolute Gasteiger partial charge is 0.389 e. The van der Waals surface area contributed by atoms with Crippen molar-refractivity contribution in [2.45, 2.75) is 32.4 Å². The van der Waals surface area contributed by atoms with E-state index in [9.17, 15) is 18.3 Å². The third-order valence-corrected chi connectivity index (χ3v) is 5.05. The molecule has 0 amide bonds. The standard InChI is InChI=1S/C22H20F3N5O/c1-12(14-5-7-15(8-6-14)13(2)31)28-22-27-10-17(23)19(29-22)18-11-26-21-16(20(24)25)4-3-9-30(18)21/h3-13,20,31H,1-2H3,(H,27,28,29)/t12-,13?/m0/s1. The molecule has 0 saturated carbocycles. The van der Waals surface area contributed by atoms with E-state index < -0.39 is 18.3 Å². The fourth-order valence-corrected chi connectivity index (χ4v) is 3.33. The highest BCUT2D eigenvalue weighted by atomic mass is 19.3. The fourth-order valence-electron chi connectivity index (χ4n) is 3.33. The van der Waals surface area contributed by atoms with Gasteiger partial charge in [0.15, 0.2) is 5.82 Å². The molecule has 31 heavy (non-hydrogen) atoms. The highest BCUT2D eigenvalue weighted by Gasteiger charge is 2.19. The summed E-state index contributed by atoms with van der Waals surface area (Å²) in [7, 11) is 0. The van der Waals surface area contributed by atoms with Gasteiger partial charge in [-0.2, -0.15) is 0 Å². The normalized spacial score (nSPS) is 13.5. The highest BCUT2D eigenvalue weighted by molar-refractivity contribution is 5.63. The maximum absolute atomic E-state index is 14.5. The summed E-state index contributed by atoms with van der Waals surface area (Å²) in [6, 6.07) is 9.94. The lowest BCUT2D eigenvalue weighted by atomic mass is 10.0. The molecule has 6 nitrogen and oxygen atoms in total. The Kier molecular flexibility index (Phi) is 5.60. The number of imidazole rings is 1. The van der Waals surface area contributed by atoms with Crippen LogP contribution in [0.1, 0.15) is 49.1 Å². The Hall–Kier alpha value is -3.46. The number of aromatic nitrogens is 4. The quantitative estimate of drug-likeness (QED) is 0.448. The van der Waals surface area contributed by atoms with Crippen LogP contribution in [0.5, 0.6) is 0 Å². The third-order valence-electron chi connectivity index (χ3n) is 5.05. The Morgan fingerprint density at radius 3 is 2.39 bits per heavy atom. The molecule has 1 unspecified atom stereocenters. The lowest BCUT2D eigenvalue weighted by Gasteiger charge is -2.16. The number of aliphatic hydroxyl groups excluding tert-OH is 1. The average molecular weight is 427 g/mol. The fraction of sp³-hybridized carbons (Fsp3) is 0.227. The second-order valence-electron chi connectivity index (χ2n) is 7.20. The van der Waals surface area contributed by atoms with E-state index in [1.807, 2.05) is 31.2 Å². The smallest absolute Gasteiger partial charge is 0.267 e. The lowest BCUT2D eigenvalue weighted by Crippen LogP contribution is -2.11. The van der Waals surface area contributed by atoms with Gasteiger partial charge in [0.05, 0.1) is 35.8 Å². The van der Waals surface area contributed by atoms with Crippen molar-refractivity contribution in [1.82, 2.24) is 19.4 Å². The number of alkyl halides is 2. The van der Waals surface area contributed by atoms with E-state index in [2.05, 4.69) is 20.3 Å². The number of halogens is 3. The first-order chi connectivity index (χ1) is 14.8. The number of aliphatic hydroxyl groups is 1. The minimum atomic E-state index is -2.70. The molecule has 0 fully saturated rings. The van der Waals surface area contributed by atoms with Gasteiger partial charge in [0.2, 0.25) is 5.95 Å². The van der Waals surface area contributed by atoms with Gasteiger partial charge in [-0.05, 0) is 37.1 Å². The Labute approximate surface area is 176 Å². The van der Waals surface area contributed by atoms with Crippen LogP contribution in [0.25, 0.3) is 17.0 Å². The van der Waals surface area contributed by atoms with Gasteiger partial charge < -0.3 is 10.4 Å². The molecule has 0 spiro atoms. The molecule has 0 aliphatic rings. The van der Waals surface area contributed by atoms with Crippen LogP contribution in [0.4, 0.5) is 19.1 Å². The maximum atomic E-state index is 14.5. The summed E-state index contributed by atoms with van der Waals surface area (Å²) in [4.78, 5) is 12.3. The number of hydrogen-bond acceptors (Lipinski definition) is 5. The molecule has 0 aliphatic heterocycles. The first-order valence-corrected chi connectivity index (χ1v) is 9.66. The molecule has 0 bridgehead atoms. The van der Waals surface area contributed by atoms with Crippen LogP contribution in [0.15, 0.2) is 55.0 Å². The lowest BCUT2D eigenvalue weighted by molar-refractivity contribution is 0.152. The van der Waals surface area contributed by atoms with Crippen LogP contribution < -0.4 is 5.32 Å². The minimum Gasteiger partial charge on any atom is -0.389 e. The predicted octanol–water partition coefficient (Wildman–Crippen LogP) is 5.09. The molecular formula is C22H20F3N5O. The van der Waals surface area contributed by atoms with Crippen LogP contribution in [-0.4, -0.2) is 24.5 Å². The van der Waals surface area contributed by atoms with Gasteiger partial charge in [-0.1, -0.05) is 24.3 Å². The monoisotopic (exact) mass is 427 g/mol. The third kappa shape index (κ3) is 4.09. The van der Waals surface area contributed by atoms with Gasteiger partial charge in [-0.3, -0.25) is 4.40 Å². The van der Waals surface area contributed by atoms with Crippen molar-refractivity contribution in [3.05, 3.63) is 77.5 Å². The summed E-state index contributed by atoms with van der Waals surface area (Å²) in [6.07, 6.45) is 0.618. The van der Waals surface area contributed by atoms with Crippen LogP contribution >= 0.6 is 0 Å². The molecular weight excluding hydrogens is 407 g/mol. The Balaban J connectivity index is 1.65. The molecule has 160 valence electrons. The highest BCUT2D eigenvalue weighted by Crippen LogP contribution is 2.28. The molecule has 4 aromatic rings. The summed E-state index contributed by atoms with van der Waals surface area (Å²) in [6.45, 7) is 3.59. The molecule has 2 N–H and O–H groups in total. The molecule has 9 heteroatoms. The topological polar surface area (TPSA) is 75.3 Å². The number of hydrogen-bond donors (Lipinski definition) is 2. The Bertz CT molecular complexity index is 1210. The van der Waals surface area contributed by atoms with E-state index in [0.29, 0.717) is 0 Å². The zero-order valence-electron chi connectivity index (χ0n) is 16.8. The number of pyridine rings is 1. The van der Waals surface area contributed by atoms with E-state index in [4.69, 9.17) is 0 Å². The SMILES string of the molecule is CC(O)c1ccc([C@H](C)Nc2ncc(F)c(-c3cnc4c(C(F)F)cccn34)n2)cc1. The Morgan fingerprint density at radius 2 is 1.71 bits per heavy atom. The molecule has 0 aliphatic carbocycles. The molecule has 3 heterocycles. The van der Waals surface area contributed by atoms with E-state index in [1.165, 1.54) is 28.9 Å². The first-order valence-electron chi connectivity index (χ1n) is 9.66. The number of anilines is 1. The molecule has 2 atom stereocenters. The van der Waals surface area contributed by atoms with Gasteiger partial charge in [0, 0.05) is 6.20 Å². The van der Waals surface area contributed by atoms with Crippen molar-refractivity contribution in [2.24, 2.45) is 0 Å². The van der Waals surface area contributed by atoms with E-state index in [0.717, 1.165) is 17.3 Å². The number of benzene rings is 1. The number of fused-ring (bicyclic) bond motifs is 1. The van der Waals surface area contributed by atoms with Crippen molar-refractivity contribution >= 4 is 11.6 Å². The molecule has 0 saturated heterocycles. The van der Waals surface area contributed by atoms with Crippen molar-refractivity contribution in [1.29, 1.82) is 0 Å². The average Bonchev–Trinajstić information content (AvgIpc) is 3.19. The molecule has 3 aromatic heterocycles. The number of nitrogens with one attached hydrogen (secondary N) is 1. The van der Waals surface area contributed by atoms with E-state index in [1.54, 1.807) is 6.92 Å². The summed E-state index contributed by atoms with van der Waals surface area (Å²) in [5.74, 6) is -0.507. The molecule has 4 rings (SSSR count). The van der Waals surface area contributed by atoms with Crippen LogP contribution in [0.2, 0.25) is 0 Å². The molecule has 1 aromatic carbocycles. The summed E-state index contributed by atoms with van der Waals surface area (Å²) in [5.41, 5.74) is 1.73. The van der Waals surface area contributed by atoms with Gasteiger partial charge in [0.1, 0.15) is 11.3 Å². The second kappa shape index (κ2) is 8.35. The zero-order valence-corrected chi connectivity index (χ0v) is 16.8.